The van der Waals surface area contributed by atoms with Crippen LogP contribution in [0, 0.1) is 5.41 Å². The number of imide groups is 1. The molecule has 0 bridgehead atoms. The molecular formula is C18H22N4O3. The highest BCUT2D eigenvalue weighted by Crippen LogP contribution is 2.29. The molecule has 132 valence electrons. The summed E-state index contributed by atoms with van der Waals surface area (Å²) >= 11 is 0. The third-order valence-corrected chi connectivity index (χ3v) is 5.41. The number of imidazole rings is 1. The molecule has 7 nitrogen and oxygen atoms in total. The summed E-state index contributed by atoms with van der Waals surface area (Å²) in [4.78, 5) is 36.3. The van der Waals surface area contributed by atoms with Gasteiger partial charge in [0.1, 0.15) is 6.04 Å². The van der Waals surface area contributed by atoms with Crippen LogP contribution < -0.4 is 16.3 Å². The molecule has 0 radical (unpaired) electrons. The van der Waals surface area contributed by atoms with Crippen molar-refractivity contribution in [1.82, 2.24) is 19.8 Å². The molecule has 0 saturated carbocycles. The number of carbonyl (C=O) groups is 2. The molecule has 2 aromatic rings. The van der Waals surface area contributed by atoms with Crippen molar-refractivity contribution < 1.29 is 9.59 Å². The number of hydrogen-bond acceptors (Lipinski definition) is 4. The van der Waals surface area contributed by atoms with E-state index in [9.17, 15) is 14.4 Å². The maximum Gasteiger partial charge on any atom is 0.329 e. The van der Waals surface area contributed by atoms with Crippen molar-refractivity contribution in [2.75, 3.05) is 13.1 Å². The number of fused-ring (bicyclic) bond motifs is 1. The summed E-state index contributed by atoms with van der Waals surface area (Å²) < 4.78 is 3.11. The smallest absolute Gasteiger partial charge is 0.316 e. The van der Waals surface area contributed by atoms with Crippen LogP contribution in [0.2, 0.25) is 0 Å². The fourth-order valence-electron chi connectivity index (χ4n) is 3.92. The number of carbonyl (C=O) groups excluding carboxylic acids is 2. The lowest BCUT2D eigenvalue weighted by molar-refractivity contribution is -0.135. The molecule has 2 amide bonds. The van der Waals surface area contributed by atoms with E-state index in [-0.39, 0.29) is 23.4 Å². The molecule has 4 rings (SSSR count). The van der Waals surface area contributed by atoms with Crippen LogP contribution in [0.3, 0.4) is 0 Å². The maximum atomic E-state index is 12.7. The summed E-state index contributed by atoms with van der Waals surface area (Å²) in [6, 6.07) is 5.37. The van der Waals surface area contributed by atoms with Gasteiger partial charge in [0.15, 0.2) is 0 Å². The average molecular weight is 342 g/mol. The molecule has 2 aliphatic rings. The van der Waals surface area contributed by atoms with Gasteiger partial charge in [-0.15, -0.1) is 0 Å². The van der Waals surface area contributed by atoms with Crippen molar-refractivity contribution in [1.29, 1.82) is 0 Å². The third-order valence-electron chi connectivity index (χ3n) is 5.41. The predicted molar refractivity (Wildman–Crippen MR) is 93.3 cm³/mol. The second-order valence-corrected chi connectivity index (χ2v) is 7.59. The minimum Gasteiger partial charge on any atom is -0.316 e. The predicted octanol–water partition coefficient (Wildman–Crippen LogP) is 0.470. The van der Waals surface area contributed by atoms with Crippen molar-refractivity contribution in [2.45, 2.75) is 32.2 Å². The zero-order chi connectivity index (χ0) is 17.8. The molecule has 1 aromatic heterocycles. The van der Waals surface area contributed by atoms with Gasteiger partial charge in [0.25, 0.3) is 0 Å². The van der Waals surface area contributed by atoms with Crippen molar-refractivity contribution in [3.05, 3.63) is 34.2 Å². The number of benzene rings is 1. The number of aromatic nitrogens is 2. The number of hydrogen-bond donors (Lipinski definition) is 2. The summed E-state index contributed by atoms with van der Waals surface area (Å²) in [6.07, 6.45) is 1.56. The maximum absolute atomic E-state index is 12.7. The minimum absolute atomic E-state index is 0.224. The largest absolute Gasteiger partial charge is 0.329 e. The van der Waals surface area contributed by atoms with E-state index in [4.69, 9.17) is 0 Å². The Bertz CT molecular complexity index is 936. The Kier molecular flexibility index (Phi) is 3.57. The van der Waals surface area contributed by atoms with E-state index in [0.717, 1.165) is 30.5 Å². The Morgan fingerprint density at radius 2 is 1.96 bits per heavy atom. The molecule has 2 N–H and O–H groups in total. The van der Waals surface area contributed by atoms with E-state index in [0.29, 0.717) is 6.42 Å². The average Bonchev–Trinajstić information content (AvgIpc) is 2.78. The van der Waals surface area contributed by atoms with Crippen LogP contribution in [0.4, 0.5) is 0 Å². The highest BCUT2D eigenvalue weighted by atomic mass is 16.2. The van der Waals surface area contributed by atoms with Gasteiger partial charge in [0.2, 0.25) is 11.8 Å². The van der Waals surface area contributed by atoms with Gasteiger partial charge in [-0.2, -0.15) is 0 Å². The standard InChI is InChI=1S/C18H22N4O3/c1-18(9-19-10-18)8-11-3-4-12-14(7-11)21(2)17(25)22(12)13-5-6-15(23)20-16(13)24/h3-4,7,13,19H,5-6,8-10H2,1-2H3,(H,20,23,24). The Labute approximate surface area is 145 Å². The van der Waals surface area contributed by atoms with Crippen LogP contribution in [0.5, 0.6) is 0 Å². The summed E-state index contributed by atoms with van der Waals surface area (Å²) in [5, 5.41) is 5.64. The van der Waals surface area contributed by atoms with Crippen LogP contribution in [0.15, 0.2) is 23.0 Å². The lowest BCUT2D eigenvalue weighted by Crippen LogP contribution is -2.52. The second-order valence-electron chi connectivity index (χ2n) is 7.59. The van der Waals surface area contributed by atoms with Gasteiger partial charge in [0, 0.05) is 26.6 Å². The fraction of sp³-hybridized carbons (Fsp3) is 0.500. The van der Waals surface area contributed by atoms with Crippen LogP contribution in [-0.2, 0) is 23.1 Å². The van der Waals surface area contributed by atoms with E-state index < -0.39 is 11.9 Å². The zero-order valence-corrected chi connectivity index (χ0v) is 14.5. The topological polar surface area (TPSA) is 85.1 Å². The van der Waals surface area contributed by atoms with Gasteiger partial charge in [-0.3, -0.25) is 24.0 Å². The van der Waals surface area contributed by atoms with E-state index in [1.165, 1.54) is 10.1 Å². The first-order valence-corrected chi connectivity index (χ1v) is 8.62. The van der Waals surface area contributed by atoms with E-state index in [2.05, 4.69) is 17.6 Å². The number of nitrogens with one attached hydrogen (secondary N) is 2. The molecule has 7 heteroatoms. The third kappa shape index (κ3) is 2.59. The molecule has 3 heterocycles. The van der Waals surface area contributed by atoms with Gasteiger partial charge in [-0.25, -0.2) is 4.79 Å². The number of rotatable bonds is 3. The normalized spacial score (nSPS) is 22.7. The highest BCUT2D eigenvalue weighted by Gasteiger charge is 2.33. The van der Waals surface area contributed by atoms with Gasteiger partial charge >= 0.3 is 5.69 Å². The Morgan fingerprint density at radius 1 is 1.20 bits per heavy atom. The number of amides is 2. The van der Waals surface area contributed by atoms with Gasteiger partial charge in [-0.1, -0.05) is 13.0 Å². The van der Waals surface area contributed by atoms with Crippen LogP contribution in [0.1, 0.15) is 31.4 Å². The molecular weight excluding hydrogens is 320 g/mol. The molecule has 0 spiro atoms. The first-order valence-electron chi connectivity index (χ1n) is 8.62. The van der Waals surface area contributed by atoms with Crippen molar-refractivity contribution in [3.63, 3.8) is 0 Å². The van der Waals surface area contributed by atoms with Gasteiger partial charge < -0.3 is 5.32 Å². The van der Waals surface area contributed by atoms with Crippen LogP contribution in [0.25, 0.3) is 11.0 Å². The molecule has 2 aliphatic heterocycles. The SMILES string of the molecule is Cn1c(=O)n(C2CCC(=O)NC2=O)c2ccc(CC3(C)CNC3)cc21. The molecule has 2 fully saturated rings. The van der Waals surface area contributed by atoms with Gasteiger partial charge in [0.05, 0.1) is 11.0 Å². The van der Waals surface area contributed by atoms with E-state index in [1.807, 2.05) is 18.2 Å². The Balaban J connectivity index is 1.76. The monoisotopic (exact) mass is 342 g/mol. The number of piperidine rings is 1. The first-order chi connectivity index (χ1) is 11.9. The fourth-order valence-corrected chi connectivity index (χ4v) is 3.92. The molecule has 1 atom stereocenters. The van der Waals surface area contributed by atoms with E-state index >= 15 is 0 Å². The van der Waals surface area contributed by atoms with Crippen LogP contribution in [-0.4, -0.2) is 34.0 Å². The van der Waals surface area contributed by atoms with E-state index in [1.54, 1.807) is 11.6 Å². The summed E-state index contributed by atoms with van der Waals surface area (Å²) in [6.45, 7) is 4.25. The lowest BCUT2D eigenvalue weighted by atomic mass is 9.78. The van der Waals surface area contributed by atoms with Crippen molar-refractivity contribution >= 4 is 22.8 Å². The highest BCUT2D eigenvalue weighted by molar-refractivity contribution is 6.00. The summed E-state index contributed by atoms with van der Waals surface area (Å²) in [5.41, 5.74) is 2.79. The second kappa shape index (κ2) is 5.56. The van der Waals surface area contributed by atoms with Crippen LogP contribution >= 0.6 is 0 Å². The first kappa shape index (κ1) is 16.1. The Hall–Kier alpha value is -2.41. The molecule has 1 aromatic carbocycles. The molecule has 25 heavy (non-hydrogen) atoms. The lowest BCUT2D eigenvalue weighted by Gasteiger charge is -2.39. The number of nitrogens with zero attached hydrogens (tertiary/aromatic N) is 2. The molecule has 2 saturated heterocycles. The zero-order valence-electron chi connectivity index (χ0n) is 14.5. The summed E-state index contributed by atoms with van der Waals surface area (Å²) in [5.74, 6) is -0.679. The quantitative estimate of drug-likeness (QED) is 0.794. The van der Waals surface area contributed by atoms with Gasteiger partial charge in [-0.05, 0) is 36.0 Å². The van der Waals surface area contributed by atoms with Crippen molar-refractivity contribution in [3.8, 4) is 0 Å². The molecule has 0 aliphatic carbocycles. The number of aryl methyl sites for hydroxylation is 1. The Morgan fingerprint density at radius 3 is 2.60 bits per heavy atom. The summed E-state index contributed by atoms with van der Waals surface area (Å²) in [7, 11) is 1.73. The molecule has 1 unspecified atom stereocenters. The van der Waals surface area contributed by atoms with Crippen molar-refractivity contribution in [2.24, 2.45) is 12.5 Å². The minimum atomic E-state index is -0.631.